The van der Waals surface area contributed by atoms with Gasteiger partial charge in [-0.05, 0) is 56.5 Å². The fourth-order valence-electron chi connectivity index (χ4n) is 4.31. The third-order valence-electron chi connectivity index (χ3n) is 5.51. The van der Waals surface area contributed by atoms with Gasteiger partial charge in [0.2, 0.25) is 0 Å². The Kier molecular flexibility index (Phi) is 5.70. The standard InChI is InChI=1S/C17H34N2/c1-4-5-16-8-11-19(12-16)14-17(13-18-3)9-6-15(2)7-10-17/h15-16,18H,4-14H2,1-3H3. The zero-order chi connectivity index (χ0) is 13.7. The van der Waals surface area contributed by atoms with E-state index >= 15 is 0 Å². The smallest absolute Gasteiger partial charge is 0.00503 e. The van der Waals surface area contributed by atoms with Crippen LogP contribution in [0.15, 0.2) is 0 Å². The van der Waals surface area contributed by atoms with Crippen molar-refractivity contribution in [2.45, 2.75) is 58.8 Å². The maximum atomic E-state index is 3.48. The van der Waals surface area contributed by atoms with E-state index in [1.54, 1.807) is 0 Å². The molecule has 0 aromatic carbocycles. The van der Waals surface area contributed by atoms with Crippen molar-refractivity contribution >= 4 is 0 Å². The zero-order valence-corrected chi connectivity index (χ0v) is 13.4. The van der Waals surface area contributed by atoms with Crippen molar-refractivity contribution in [3.05, 3.63) is 0 Å². The summed E-state index contributed by atoms with van der Waals surface area (Å²) in [6.07, 6.45) is 9.99. The number of likely N-dealkylation sites (tertiary alicyclic amines) is 1. The molecule has 1 saturated heterocycles. The molecule has 0 spiro atoms. The molecular formula is C17H34N2. The fourth-order valence-corrected chi connectivity index (χ4v) is 4.31. The van der Waals surface area contributed by atoms with Crippen LogP contribution < -0.4 is 5.32 Å². The average molecular weight is 266 g/mol. The van der Waals surface area contributed by atoms with Crippen molar-refractivity contribution in [1.29, 1.82) is 0 Å². The molecule has 1 atom stereocenters. The first-order valence-corrected chi connectivity index (χ1v) is 8.54. The molecule has 19 heavy (non-hydrogen) atoms. The van der Waals surface area contributed by atoms with Gasteiger partial charge >= 0.3 is 0 Å². The third kappa shape index (κ3) is 4.19. The topological polar surface area (TPSA) is 15.3 Å². The van der Waals surface area contributed by atoms with E-state index < -0.39 is 0 Å². The predicted octanol–water partition coefficient (Wildman–Crippen LogP) is 3.52. The summed E-state index contributed by atoms with van der Waals surface area (Å²) in [5.41, 5.74) is 0.572. The Morgan fingerprint density at radius 3 is 2.58 bits per heavy atom. The minimum absolute atomic E-state index is 0.572. The van der Waals surface area contributed by atoms with E-state index in [2.05, 4.69) is 31.1 Å². The zero-order valence-electron chi connectivity index (χ0n) is 13.4. The Hall–Kier alpha value is -0.0800. The van der Waals surface area contributed by atoms with Gasteiger partial charge in [0.15, 0.2) is 0 Å². The van der Waals surface area contributed by atoms with Gasteiger partial charge < -0.3 is 10.2 Å². The Bertz CT molecular complexity index is 256. The van der Waals surface area contributed by atoms with Gasteiger partial charge in [-0.15, -0.1) is 0 Å². The van der Waals surface area contributed by atoms with Crippen LogP contribution in [0.25, 0.3) is 0 Å². The molecule has 2 rings (SSSR count). The molecule has 2 aliphatic rings. The molecule has 0 aromatic heterocycles. The van der Waals surface area contributed by atoms with Crippen LogP contribution in [0, 0.1) is 17.3 Å². The summed E-state index contributed by atoms with van der Waals surface area (Å²) in [7, 11) is 2.13. The Balaban J connectivity index is 1.87. The fraction of sp³-hybridized carbons (Fsp3) is 1.00. The molecule has 0 amide bonds. The van der Waals surface area contributed by atoms with Gasteiger partial charge in [-0.1, -0.05) is 33.1 Å². The molecule has 0 aromatic rings. The second-order valence-corrected chi connectivity index (χ2v) is 7.39. The molecule has 1 N–H and O–H groups in total. The number of rotatable bonds is 6. The number of hydrogen-bond acceptors (Lipinski definition) is 2. The van der Waals surface area contributed by atoms with Crippen LogP contribution >= 0.6 is 0 Å². The molecule has 2 fully saturated rings. The maximum Gasteiger partial charge on any atom is 0.00503 e. The van der Waals surface area contributed by atoms with E-state index in [0.29, 0.717) is 5.41 Å². The van der Waals surface area contributed by atoms with E-state index in [1.165, 1.54) is 71.1 Å². The van der Waals surface area contributed by atoms with Gasteiger partial charge in [0, 0.05) is 19.6 Å². The molecule has 1 unspecified atom stereocenters. The van der Waals surface area contributed by atoms with E-state index in [9.17, 15) is 0 Å². The Morgan fingerprint density at radius 1 is 1.21 bits per heavy atom. The number of hydrogen-bond donors (Lipinski definition) is 1. The van der Waals surface area contributed by atoms with Crippen molar-refractivity contribution in [3.63, 3.8) is 0 Å². The summed E-state index contributed by atoms with van der Waals surface area (Å²) < 4.78 is 0. The highest BCUT2D eigenvalue weighted by atomic mass is 15.2. The SMILES string of the molecule is CCCC1CCN(CC2(CNC)CCC(C)CC2)C1. The highest BCUT2D eigenvalue weighted by Crippen LogP contribution is 2.40. The minimum Gasteiger partial charge on any atom is -0.319 e. The van der Waals surface area contributed by atoms with Crippen LogP contribution in [0.3, 0.4) is 0 Å². The van der Waals surface area contributed by atoms with Crippen molar-refractivity contribution in [3.8, 4) is 0 Å². The molecule has 0 radical (unpaired) electrons. The minimum atomic E-state index is 0.572. The summed E-state index contributed by atoms with van der Waals surface area (Å²) in [5.74, 6) is 1.94. The van der Waals surface area contributed by atoms with E-state index in [0.717, 1.165) is 11.8 Å². The molecule has 1 saturated carbocycles. The summed E-state index contributed by atoms with van der Waals surface area (Å²) in [4.78, 5) is 2.77. The second-order valence-electron chi connectivity index (χ2n) is 7.39. The van der Waals surface area contributed by atoms with Gasteiger partial charge in [0.1, 0.15) is 0 Å². The van der Waals surface area contributed by atoms with Crippen LogP contribution in [-0.4, -0.2) is 38.1 Å². The summed E-state index contributed by atoms with van der Waals surface area (Å²) in [6.45, 7) is 10.0. The first-order valence-electron chi connectivity index (χ1n) is 8.54. The molecule has 1 aliphatic carbocycles. The summed E-state index contributed by atoms with van der Waals surface area (Å²) in [6, 6.07) is 0. The number of nitrogens with one attached hydrogen (secondary N) is 1. The van der Waals surface area contributed by atoms with Crippen molar-refractivity contribution in [2.75, 3.05) is 33.2 Å². The first kappa shape index (κ1) is 15.3. The number of nitrogens with zero attached hydrogens (tertiary/aromatic N) is 1. The van der Waals surface area contributed by atoms with Crippen LogP contribution in [0.1, 0.15) is 58.8 Å². The quantitative estimate of drug-likeness (QED) is 0.791. The van der Waals surface area contributed by atoms with Crippen LogP contribution in [0.2, 0.25) is 0 Å². The normalized spacial score (nSPS) is 36.8. The molecular weight excluding hydrogens is 232 g/mol. The van der Waals surface area contributed by atoms with Crippen LogP contribution in [-0.2, 0) is 0 Å². The molecule has 1 heterocycles. The lowest BCUT2D eigenvalue weighted by Gasteiger charge is -2.42. The van der Waals surface area contributed by atoms with Gasteiger partial charge in [0.05, 0.1) is 0 Å². The average Bonchev–Trinajstić information content (AvgIpc) is 2.81. The van der Waals surface area contributed by atoms with Gasteiger partial charge in [-0.25, -0.2) is 0 Å². The van der Waals surface area contributed by atoms with Crippen LogP contribution in [0.4, 0.5) is 0 Å². The lowest BCUT2D eigenvalue weighted by Crippen LogP contribution is -2.45. The predicted molar refractivity (Wildman–Crippen MR) is 83.4 cm³/mol. The summed E-state index contributed by atoms with van der Waals surface area (Å²) >= 11 is 0. The molecule has 1 aliphatic heterocycles. The molecule has 2 nitrogen and oxygen atoms in total. The Labute approximate surface area is 120 Å². The van der Waals surface area contributed by atoms with Crippen molar-refractivity contribution in [1.82, 2.24) is 10.2 Å². The second kappa shape index (κ2) is 7.08. The van der Waals surface area contributed by atoms with E-state index in [4.69, 9.17) is 0 Å². The Morgan fingerprint density at radius 2 is 1.95 bits per heavy atom. The molecule has 0 bridgehead atoms. The summed E-state index contributed by atoms with van der Waals surface area (Å²) in [5, 5.41) is 3.48. The first-order chi connectivity index (χ1) is 9.17. The van der Waals surface area contributed by atoms with Crippen molar-refractivity contribution in [2.24, 2.45) is 17.3 Å². The lowest BCUT2D eigenvalue weighted by atomic mass is 9.70. The maximum absolute atomic E-state index is 3.48. The molecule has 112 valence electrons. The lowest BCUT2D eigenvalue weighted by molar-refractivity contribution is 0.0981. The monoisotopic (exact) mass is 266 g/mol. The van der Waals surface area contributed by atoms with Crippen LogP contribution in [0.5, 0.6) is 0 Å². The molecule has 2 heteroatoms. The largest absolute Gasteiger partial charge is 0.319 e. The van der Waals surface area contributed by atoms with E-state index in [-0.39, 0.29) is 0 Å². The third-order valence-corrected chi connectivity index (χ3v) is 5.51. The van der Waals surface area contributed by atoms with E-state index in [1.807, 2.05) is 0 Å². The van der Waals surface area contributed by atoms with Crippen molar-refractivity contribution < 1.29 is 0 Å². The van der Waals surface area contributed by atoms with Gasteiger partial charge in [0.25, 0.3) is 0 Å². The van der Waals surface area contributed by atoms with Gasteiger partial charge in [-0.2, -0.15) is 0 Å². The van der Waals surface area contributed by atoms with Gasteiger partial charge in [-0.3, -0.25) is 0 Å². The highest BCUT2D eigenvalue weighted by molar-refractivity contribution is 4.91. The highest BCUT2D eigenvalue weighted by Gasteiger charge is 2.36.